The van der Waals surface area contributed by atoms with Crippen LogP contribution in [0.1, 0.15) is 0 Å². The molecule has 114 valence electrons. The first-order valence-electron chi connectivity index (χ1n) is 6.11. The summed E-state index contributed by atoms with van der Waals surface area (Å²) in [5.41, 5.74) is 0.109. The van der Waals surface area contributed by atoms with Crippen molar-refractivity contribution in [3.05, 3.63) is 59.3 Å². The second-order valence-corrected chi connectivity index (χ2v) is 6.66. The third-order valence-corrected chi connectivity index (χ3v) is 4.71. The number of anilines is 1. The molecule has 2 N–H and O–H groups in total. The summed E-state index contributed by atoms with van der Waals surface area (Å²) in [5.74, 6) is -1.28. The quantitative estimate of drug-likeness (QED) is 0.758. The van der Waals surface area contributed by atoms with Gasteiger partial charge in [-0.3, -0.25) is 4.72 Å². The number of hydrogen-bond acceptors (Lipinski definition) is 2. The zero-order valence-corrected chi connectivity index (χ0v) is 12.5. The molecule has 1 heterocycles. The van der Waals surface area contributed by atoms with E-state index < -0.39 is 21.7 Å². The third kappa shape index (κ3) is 2.65. The summed E-state index contributed by atoms with van der Waals surface area (Å²) in [6.07, 6.45) is 1.22. The number of fused-ring (bicyclic) bond motifs is 1. The minimum absolute atomic E-state index is 0.100. The Labute approximate surface area is 129 Å². The van der Waals surface area contributed by atoms with E-state index in [0.29, 0.717) is 10.9 Å². The maximum Gasteiger partial charge on any atom is 0.264 e. The predicted molar refractivity (Wildman–Crippen MR) is 80.5 cm³/mol. The highest BCUT2D eigenvalue weighted by Gasteiger charge is 2.20. The maximum atomic E-state index is 13.7. The van der Waals surface area contributed by atoms with Crippen LogP contribution in [-0.4, -0.2) is 13.4 Å². The Morgan fingerprint density at radius 1 is 1.09 bits per heavy atom. The van der Waals surface area contributed by atoms with E-state index in [-0.39, 0.29) is 15.6 Å². The Morgan fingerprint density at radius 3 is 2.59 bits per heavy atom. The van der Waals surface area contributed by atoms with E-state index in [1.807, 2.05) is 0 Å². The number of sulfonamides is 1. The van der Waals surface area contributed by atoms with Crippen LogP contribution in [-0.2, 0) is 10.0 Å². The first kappa shape index (κ1) is 14.8. The van der Waals surface area contributed by atoms with E-state index in [2.05, 4.69) is 9.71 Å². The number of halogens is 3. The van der Waals surface area contributed by atoms with Crippen LogP contribution in [0.5, 0.6) is 0 Å². The molecule has 0 unspecified atom stereocenters. The second-order valence-electron chi connectivity index (χ2n) is 4.57. The number of aromatic nitrogens is 1. The van der Waals surface area contributed by atoms with Gasteiger partial charge in [0.2, 0.25) is 0 Å². The molecule has 0 spiro atoms. The van der Waals surface area contributed by atoms with Crippen LogP contribution in [0, 0.1) is 11.6 Å². The van der Waals surface area contributed by atoms with E-state index in [9.17, 15) is 17.2 Å². The normalized spacial score (nSPS) is 11.8. The van der Waals surface area contributed by atoms with Crippen molar-refractivity contribution in [2.75, 3.05) is 4.72 Å². The van der Waals surface area contributed by atoms with Crippen molar-refractivity contribution in [2.24, 2.45) is 0 Å². The van der Waals surface area contributed by atoms with Gasteiger partial charge in [0.25, 0.3) is 10.0 Å². The van der Waals surface area contributed by atoms with Gasteiger partial charge in [-0.2, -0.15) is 0 Å². The molecule has 0 atom stereocenters. The largest absolute Gasteiger partial charge is 0.360 e. The molecule has 0 radical (unpaired) electrons. The summed E-state index contributed by atoms with van der Waals surface area (Å²) < 4.78 is 53.7. The summed E-state index contributed by atoms with van der Waals surface area (Å²) in [7, 11) is -4.03. The zero-order chi connectivity index (χ0) is 15.9. The summed E-state index contributed by atoms with van der Waals surface area (Å²) in [4.78, 5) is 2.57. The Hall–Kier alpha value is -2.12. The van der Waals surface area contributed by atoms with Crippen molar-refractivity contribution in [3.63, 3.8) is 0 Å². The molecular formula is C14H9ClF2N2O2S. The first-order valence-corrected chi connectivity index (χ1v) is 7.97. The minimum atomic E-state index is -4.03. The van der Waals surface area contributed by atoms with Crippen molar-refractivity contribution in [1.29, 1.82) is 0 Å². The number of hydrogen-bond donors (Lipinski definition) is 2. The highest BCUT2D eigenvalue weighted by atomic mass is 35.5. The molecule has 0 fully saturated rings. The highest BCUT2D eigenvalue weighted by molar-refractivity contribution is 7.93. The zero-order valence-electron chi connectivity index (χ0n) is 10.9. The van der Waals surface area contributed by atoms with E-state index >= 15 is 0 Å². The van der Waals surface area contributed by atoms with E-state index in [4.69, 9.17) is 11.6 Å². The van der Waals surface area contributed by atoms with Gasteiger partial charge in [-0.05, 0) is 36.4 Å². The van der Waals surface area contributed by atoms with Gasteiger partial charge in [0.1, 0.15) is 16.5 Å². The number of H-pyrrole nitrogens is 1. The maximum absolute atomic E-state index is 13.7. The smallest absolute Gasteiger partial charge is 0.264 e. The fourth-order valence-electron chi connectivity index (χ4n) is 2.07. The van der Waals surface area contributed by atoms with E-state index in [1.165, 1.54) is 30.5 Å². The molecule has 0 bridgehead atoms. The van der Waals surface area contributed by atoms with Gasteiger partial charge in [0.05, 0.1) is 5.69 Å². The van der Waals surface area contributed by atoms with Crippen LogP contribution in [0.15, 0.2) is 47.5 Å². The van der Waals surface area contributed by atoms with Crippen LogP contribution >= 0.6 is 11.6 Å². The molecule has 0 saturated carbocycles. The number of benzene rings is 2. The van der Waals surface area contributed by atoms with Crippen LogP contribution in [0.3, 0.4) is 0 Å². The van der Waals surface area contributed by atoms with Crippen molar-refractivity contribution in [2.45, 2.75) is 4.90 Å². The third-order valence-electron chi connectivity index (χ3n) is 3.07. The first-order chi connectivity index (χ1) is 10.4. The molecule has 3 rings (SSSR count). The molecule has 8 heteroatoms. The summed E-state index contributed by atoms with van der Waals surface area (Å²) in [6, 6.07) is 7.27. The second kappa shape index (κ2) is 5.26. The van der Waals surface area contributed by atoms with Gasteiger partial charge in [-0.1, -0.05) is 11.6 Å². The standard InChI is InChI=1S/C14H9ClF2N2O2S/c15-8-1-4-12(11(17)5-8)19-22(20,21)14-7-18-13-6-9(16)2-3-10(13)14/h1-7,18-19H. The fraction of sp³-hybridized carbons (Fsp3) is 0. The van der Waals surface area contributed by atoms with Crippen LogP contribution in [0.4, 0.5) is 14.5 Å². The van der Waals surface area contributed by atoms with Crippen LogP contribution in [0.2, 0.25) is 5.02 Å². The van der Waals surface area contributed by atoms with Gasteiger partial charge in [-0.15, -0.1) is 0 Å². The summed E-state index contributed by atoms with van der Waals surface area (Å²) in [5, 5.41) is 0.464. The van der Waals surface area contributed by atoms with Gasteiger partial charge in [0.15, 0.2) is 0 Å². The molecule has 2 aromatic carbocycles. The average Bonchev–Trinajstić information content (AvgIpc) is 2.85. The average molecular weight is 343 g/mol. The van der Waals surface area contributed by atoms with Gasteiger partial charge in [0, 0.05) is 22.1 Å². The fourth-order valence-corrected chi connectivity index (χ4v) is 3.47. The Morgan fingerprint density at radius 2 is 1.86 bits per heavy atom. The topological polar surface area (TPSA) is 62.0 Å². The SMILES string of the molecule is O=S(=O)(Nc1ccc(Cl)cc1F)c1c[nH]c2cc(F)ccc12. The Bertz CT molecular complexity index is 970. The summed E-state index contributed by atoms with van der Waals surface area (Å²) >= 11 is 5.62. The number of nitrogens with one attached hydrogen (secondary N) is 2. The lowest BCUT2D eigenvalue weighted by Gasteiger charge is -2.08. The minimum Gasteiger partial charge on any atom is -0.360 e. The lowest BCUT2D eigenvalue weighted by atomic mass is 10.2. The Balaban J connectivity index is 2.05. The van der Waals surface area contributed by atoms with Gasteiger partial charge >= 0.3 is 0 Å². The molecule has 0 amide bonds. The van der Waals surface area contributed by atoms with E-state index in [1.54, 1.807) is 0 Å². The molecule has 3 aromatic rings. The Kier molecular flexibility index (Phi) is 3.54. The van der Waals surface area contributed by atoms with Crippen LogP contribution < -0.4 is 4.72 Å². The monoisotopic (exact) mass is 342 g/mol. The van der Waals surface area contributed by atoms with Gasteiger partial charge < -0.3 is 4.98 Å². The van der Waals surface area contributed by atoms with Crippen molar-refractivity contribution in [3.8, 4) is 0 Å². The highest BCUT2D eigenvalue weighted by Crippen LogP contribution is 2.27. The molecule has 0 aliphatic carbocycles. The molecule has 0 saturated heterocycles. The molecular weight excluding hydrogens is 334 g/mol. The van der Waals surface area contributed by atoms with Gasteiger partial charge in [-0.25, -0.2) is 17.2 Å². The predicted octanol–water partition coefficient (Wildman–Crippen LogP) is 3.90. The van der Waals surface area contributed by atoms with Crippen molar-refractivity contribution in [1.82, 2.24) is 4.98 Å². The summed E-state index contributed by atoms with van der Waals surface area (Å²) in [6.45, 7) is 0. The molecule has 0 aliphatic rings. The molecule has 1 aromatic heterocycles. The molecule has 4 nitrogen and oxygen atoms in total. The molecule has 0 aliphatic heterocycles. The molecule has 22 heavy (non-hydrogen) atoms. The lowest BCUT2D eigenvalue weighted by molar-refractivity contribution is 0.599. The lowest BCUT2D eigenvalue weighted by Crippen LogP contribution is -2.13. The number of rotatable bonds is 3. The van der Waals surface area contributed by atoms with Crippen molar-refractivity contribution < 1.29 is 17.2 Å². The van der Waals surface area contributed by atoms with Crippen LogP contribution in [0.25, 0.3) is 10.9 Å². The number of aromatic amines is 1. The van der Waals surface area contributed by atoms with Crippen molar-refractivity contribution >= 4 is 38.2 Å². The van der Waals surface area contributed by atoms with E-state index in [0.717, 1.165) is 12.1 Å².